The number of fused-ring (bicyclic) bond motifs is 1. The third-order valence-electron chi connectivity index (χ3n) is 16.1. The summed E-state index contributed by atoms with van der Waals surface area (Å²) in [5.41, 5.74) is 2.27. The van der Waals surface area contributed by atoms with Crippen molar-refractivity contribution in [1.82, 2.24) is 40.0 Å². The van der Waals surface area contributed by atoms with Crippen LogP contribution in [0.2, 0.25) is 0 Å². The molecule has 0 bridgehead atoms. The minimum Gasteiger partial charge on any atom is -0.451 e. The number of piperazine rings is 1. The lowest BCUT2D eigenvalue weighted by atomic mass is 9.71. The molecular formula is C54H74N10O8S. The smallest absolute Gasteiger partial charge is 0.262 e. The van der Waals surface area contributed by atoms with Gasteiger partial charge in [-0.05, 0) is 114 Å². The molecule has 19 heteroatoms. The van der Waals surface area contributed by atoms with Crippen molar-refractivity contribution in [2.24, 2.45) is 11.3 Å². The summed E-state index contributed by atoms with van der Waals surface area (Å²) < 4.78 is 32.5. The van der Waals surface area contributed by atoms with Gasteiger partial charge in [0.05, 0.1) is 29.1 Å². The third-order valence-corrected chi connectivity index (χ3v) is 16.9. The Kier molecular flexibility index (Phi) is 17.1. The summed E-state index contributed by atoms with van der Waals surface area (Å²) in [6, 6.07) is 11.8. The van der Waals surface area contributed by atoms with Gasteiger partial charge in [0.25, 0.3) is 17.7 Å². The van der Waals surface area contributed by atoms with Gasteiger partial charge in [0, 0.05) is 75.9 Å². The Morgan fingerprint density at radius 1 is 0.767 bits per heavy atom. The first-order valence-electron chi connectivity index (χ1n) is 26.9. The molecule has 0 radical (unpaired) electrons. The van der Waals surface area contributed by atoms with Crippen LogP contribution in [0.25, 0.3) is 0 Å². The van der Waals surface area contributed by atoms with E-state index in [1.807, 2.05) is 24.3 Å². The van der Waals surface area contributed by atoms with E-state index in [2.05, 4.69) is 44.9 Å². The fourth-order valence-electron chi connectivity index (χ4n) is 11.9. The molecule has 1 aliphatic carbocycles. The second-order valence-corrected chi connectivity index (χ2v) is 23.3. The zero-order chi connectivity index (χ0) is 51.0. The SMILES string of the molecule is CS(=O)(=O)NC1CCC(CN2CCC3(CC2)CN(c2ncncc2Oc2ccccc2C(=O)NCCCCCCCCCCCN2CCN(c4ccc5c(c4)C(=O)N(C4CCC(=O)NC4=O)C5=O)CC2)C3)CC1. The van der Waals surface area contributed by atoms with Crippen molar-refractivity contribution in [3.05, 3.63) is 71.7 Å². The first-order chi connectivity index (χ1) is 35.3. The molecule has 1 aromatic heterocycles. The van der Waals surface area contributed by atoms with E-state index in [9.17, 15) is 32.4 Å². The normalized spacial score (nSPS) is 22.6. The van der Waals surface area contributed by atoms with Crippen LogP contribution < -0.4 is 29.9 Å². The quantitative estimate of drug-likeness (QED) is 0.0811. The Bertz CT molecular complexity index is 2570. The molecule has 1 spiro atoms. The average Bonchev–Trinajstić information content (AvgIpc) is 3.62. The Morgan fingerprint density at radius 2 is 1.45 bits per heavy atom. The Morgan fingerprint density at radius 3 is 2.16 bits per heavy atom. The largest absolute Gasteiger partial charge is 0.451 e. The lowest BCUT2D eigenvalue weighted by Gasteiger charge is -2.54. The molecule has 73 heavy (non-hydrogen) atoms. The zero-order valence-corrected chi connectivity index (χ0v) is 43.3. The number of sulfonamides is 1. The van der Waals surface area contributed by atoms with Crippen LogP contribution in [-0.2, 0) is 19.6 Å². The fourth-order valence-corrected chi connectivity index (χ4v) is 12.8. The average molecular weight is 1020 g/mol. The Hall–Kier alpha value is -5.50. The number of benzene rings is 2. The molecule has 394 valence electrons. The van der Waals surface area contributed by atoms with Crippen LogP contribution in [0.3, 0.4) is 0 Å². The number of piperidine rings is 2. The maximum atomic E-state index is 13.4. The van der Waals surface area contributed by atoms with E-state index in [-0.39, 0.29) is 36.1 Å². The summed E-state index contributed by atoms with van der Waals surface area (Å²) in [6.45, 7) is 10.3. The van der Waals surface area contributed by atoms with E-state index in [4.69, 9.17) is 4.74 Å². The fraction of sp³-hybridized carbons (Fsp3) is 0.611. The van der Waals surface area contributed by atoms with Gasteiger partial charge in [0.2, 0.25) is 21.8 Å². The molecule has 6 heterocycles. The number of rotatable bonds is 22. The molecule has 1 unspecified atom stereocenters. The monoisotopic (exact) mass is 1020 g/mol. The molecule has 18 nitrogen and oxygen atoms in total. The van der Waals surface area contributed by atoms with Crippen LogP contribution >= 0.6 is 0 Å². The van der Waals surface area contributed by atoms with E-state index in [0.717, 1.165) is 140 Å². The molecule has 1 atom stereocenters. The van der Waals surface area contributed by atoms with Crippen molar-refractivity contribution in [2.45, 2.75) is 121 Å². The van der Waals surface area contributed by atoms with Crippen molar-refractivity contribution in [2.75, 3.05) is 88.0 Å². The number of anilines is 2. The number of nitrogens with zero attached hydrogens (tertiary/aromatic N) is 7. The summed E-state index contributed by atoms with van der Waals surface area (Å²) in [7, 11) is -3.16. The number of carbonyl (C=O) groups is 5. The minimum atomic E-state index is -3.16. The molecule has 1 saturated carbocycles. The van der Waals surface area contributed by atoms with E-state index in [0.29, 0.717) is 40.7 Å². The van der Waals surface area contributed by atoms with Crippen molar-refractivity contribution in [3.8, 4) is 11.5 Å². The summed E-state index contributed by atoms with van der Waals surface area (Å²) in [5.74, 6) is 0.313. The van der Waals surface area contributed by atoms with Gasteiger partial charge in [-0.2, -0.15) is 0 Å². The topological polar surface area (TPSA) is 207 Å². The number of nitrogens with one attached hydrogen (secondary N) is 3. The van der Waals surface area contributed by atoms with E-state index >= 15 is 0 Å². The van der Waals surface area contributed by atoms with E-state index in [1.165, 1.54) is 44.8 Å². The summed E-state index contributed by atoms with van der Waals surface area (Å²) >= 11 is 0. The van der Waals surface area contributed by atoms with E-state index < -0.39 is 33.8 Å². The lowest BCUT2D eigenvalue weighted by Crippen LogP contribution is -2.61. The minimum absolute atomic E-state index is 0.0748. The molecular weight excluding hydrogens is 949 g/mol. The standard InChI is InChI=1S/C54H74N10O8S/c1-73(70,71)59-40-17-15-39(16-18-40)35-61-27-23-54(24-28-61)36-63(37-54)49-47(34-55-38-57-49)72-46-14-10-9-13-43(46)50(66)56-25-11-7-5-3-2-4-6-8-12-26-60-29-31-62(32-30-60)41-19-20-42-44(33-41)53(69)64(52(42)68)45-21-22-48(65)58-51(45)67/h9-10,13-14,19-20,33-34,38-40,45,59H,2-8,11-12,15-18,21-32,35-37H2,1H3,(H,56,66)(H,58,65,67). The predicted octanol–water partition coefficient (Wildman–Crippen LogP) is 5.74. The van der Waals surface area contributed by atoms with Crippen molar-refractivity contribution in [1.29, 1.82) is 0 Å². The second kappa shape index (κ2) is 23.8. The predicted molar refractivity (Wildman–Crippen MR) is 278 cm³/mol. The van der Waals surface area contributed by atoms with Gasteiger partial charge in [-0.15, -0.1) is 0 Å². The molecule has 6 aliphatic rings. The van der Waals surface area contributed by atoms with Gasteiger partial charge in [-0.25, -0.2) is 23.1 Å². The summed E-state index contributed by atoms with van der Waals surface area (Å²) in [4.78, 5) is 83.4. The Balaban J connectivity index is 0.608. The third kappa shape index (κ3) is 13.2. The molecule has 2 aromatic carbocycles. The maximum absolute atomic E-state index is 13.4. The molecule has 4 saturated heterocycles. The second-order valence-electron chi connectivity index (χ2n) is 21.5. The number of aromatic nitrogens is 2. The number of para-hydroxylation sites is 1. The highest BCUT2D eigenvalue weighted by molar-refractivity contribution is 7.88. The molecule has 3 aromatic rings. The summed E-state index contributed by atoms with van der Waals surface area (Å²) in [6.07, 6.45) is 21.4. The highest BCUT2D eigenvalue weighted by Crippen LogP contribution is 2.45. The van der Waals surface area contributed by atoms with Crippen LogP contribution in [0.1, 0.15) is 140 Å². The first kappa shape index (κ1) is 52.4. The maximum Gasteiger partial charge on any atom is 0.262 e. The highest BCUT2D eigenvalue weighted by Gasteiger charge is 2.47. The van der Waals surface area contributed by atoms with Gasteiger partial charge in [0.15, 0.2) is 11.6 Å². The van der Waals surface area contributed by atoms with Crippen molar-refractivity contribution in [3.63, 3.8) is 0 Å². The van der Waals surface area contributed by atoms with Crippen LogP contribution in [0.15, 0.2) is 55.0 Å². The molecule has 9 rings (SSSR count). The van der Waals surface area contributed by atoms with Gasteiger partial charge >= 0.3 is 0 Å². The Labute approximate surface area is 430 Å². The molecule has 5 fully saturated rings. The number of amides is 5. The van der Waals surface area contributed by atoms with Gasteiger partial charge < -0.3 is 24.8 Å². The van der Waals surface area contributed by atoms with Crippen molar-refractivity contribution < 1.29 is 37.1 Å². The van der Waals surface area contributed by atoms with Crippen LogP contribution in [0.5, 0.6) is 11.5 Å². The molecule has 5 amide bonds. The number of hydrogen-bond donors (Lipinski definition) is 3. The van der Waals surface area contributed by atoms with Gasteiger partial charge in [-0.3, -0.25) is 39.1 Å². The molecule has 5 aliphatic heterocycles. The number of hydrogen-bond acceptors (Lipinski definition) is 14. The van der Waals surface area contributed by atoms with Crippen LogP contribution in [0.4, 0.5) is 11.5 Å². The number of ether oxygens (including phenoxy) is 1. The lowest BCUT2D eigenvalue weighted by molar-refractivity contribution is -0.136. The highest BCUT2D eigenvalue weighted by atomic mass is 32.2. The van der Waals surface area contributed by atoms with Crippen molar-refractivity contribution >= 4 is 51.1 Å². The summed E-state index contributed by atoms with van der Waals surface area (Å²) in [5, 5.41) is 5.36. The van der Waals surface area contributed by atoms with Gasteiger partial charge in [0.1, 0.15) is 18.1 Å². The van der Waals surface area contributed by atoms with Crippen LogP contribution in [0, 0.1) is 11.3 Å². The number of unbranched alkanes of at least 4 members (excludes halogenated alkanes) is 8. The number of likely N-dealkylation sites (tertiary alicyclic amines) is 1. The zero-order valence-electron chi connectivity index (χ0n) is 42.5. The van der Waals surface area contributed by atoms with E-state index in [1.54, 1.807) is 30.7 Å². The first-order valence-corrected chi connectivity index (χ1v) is 28.8. The van der Waals surface area contributed by atoms with Crippen LogP contribution in [-0.4, -0.2) is 153 Å². The number of imide groups is 2. The number of carbonyl (C=O) groups excluding carboxylic acids is 5. The van der Waals surface area contributed by atoms with Gasteiger partial charge in [-0.1, -0.05) is 57.1 Å². The molecule has 3 N–H and O–H groups in total.